The number of aliphatic imine (C=N–C) groups is 1. The summed E-state index contributed by atoms with van der Waals surface area (Å²) in [6.45, 7) is 2.82. The molecule has 2 heterocycles. The first-order valence-corrected chi connectivity index (χ1v) is 12.0. The van der Waals surface area contributed by atoms with E-state index < -0.39 is 0 Å². The van der Waals surface area contributed by atoms with Gasteiger partial charge in [-0.25, -0.2) is 9.38 Å². The molecule has 1 saturated heterocycles. The molecule has 0 spiro atoms. The average molecular weight is 520 g/mol. The van der Waals surface area contributed by atoms with E-state index in [0.717, 1.165) is 33.2 Å². The van der Waals surface area contributed by atoms with E-state index in [2.05, 4.69) is 62.0 Å². The van der Waals surface area contributed by atoms with Crippen LogP contribution in [0.5, 0.6) is 0 Å². The van der Waals surface area contributed by atoms with Gasteiger partial charge >= 0.3 is 0 Å². The molecule has 0 unspecified atom stereocenters. The predicted molar refractivity (Wildman–Crippen MR) is 137 cm³/mol. The number of amides is 1. The highest BCUT2D eigenvalue weighted by Gasteiger charge is 2.25. The number of aromatic nitrogens is 1. The summed E-state index contributed by atoms with van der Waals surface area (Å²) in [5.74, 6) is -0.511. The van der Waals surface area contributed by atoms with Crippen molar-refractivity contribution >= 4 is 61.4 Å². The van der Waals surface area contributed by atoms with E-state index in [1.807, 2.05) is 30.3 Å². The second-order valence-electron chi connectivity index (χ2n) is 7.69. The standard InChI is InChI=1S/C26H19BrFN3OS/c1-16-22(14-24-25(32)30-26(33-24)29-20-12-10-19(28)11-13-20)21-4-2-3-5-23(21)31(16)15-17-6-8-18(27)9-7-17/h2-14H,15H2,1H3,(H,29,30,32)/b24-14+. The number of benzene rings is 3. The van der Waals surface area contributed by atoms with Gasteiger partial charge in [0.2, 0.25) is 0 Å². The maximum absolute atomic E-state index is 13.2. The first-order valence-electron chi connectivity index (χ1n) is 10.4. The molecule has 4 nitrogen and oxygen atoms in total. The van der Waals surface area contributed by atoms with Gasteiger partial charge in [0, 0.05) is 33.2 Å². The van der Waals surface area contributed by atoms with Crippen molar-refractivity contribution in [3.05, 3.63) is 105 Å². The topological polar surface area (TPSA) is 46.4 Å². The average Bonchev–Trinajstić information content (AvgIpc) is 3.29. The molecule has 0 atom stereocenters. The third kappa shape index (κ3) is 4.51. The maximum atomic E-state index is 13.2. The number of thioether (sulfide) groups is 1. The summed E-state index contributed by atoms with van der Waals surface area (Å²) in [6.07, 6.45) is 1.93. The van der Waals surface area contributed by atoms with Crippen LogP contribution in [0.1, 0.15) is 16.8 Å². The van der Waals surface area contributed by atoms with Crippen molar-refractivity contribution in [3.8, 4) is 0 Å². The Bertz CT molecular complexity index is 1420. The van der Waals surface area contributed by atoms with Crippen LogP contribution in [0.3, 0.4) is 0 Å². The predicted octanol–water partition coefficient (Wildman–Crippen LogP) is 6.79. The lowest BCUT2D eigenvalue weighted by molar-refractivity contribution is -0.115. The second kappa shape index (κ2) is 9.00. The highest BCUT2D eigenvalue weighted by Crippen LogP contribution is 2.33. The summed E-state index contributed by atoms with van der Waals surface area (Å²) in [7, 11) is 0. The lowest BCUT2D eigenvalue weighted by Crippen LogP contribution is -2.19. The number of hydrogen-bond acceptors (Lipinski definition) is 3. The summed E-state index contributed by atoms with van der Waals surface area (Å²) in [5, 5.41) is 4.38. The fourth-order valence-electron chi connectivity index (χ4n) is 3.86. The minimum Gasteiger partial charge on any atom is -0.340 e. The SMILES string of the molecule is Cc1c(/C=C2/SC(=Nc3ccc(F)cc3)NC2=O)c2ccccc2n1Cc1ccc(Br)cc1. The van der Waals surface area contributed by atoms with Crippen LogP contribution in [-0.2, 0) is 11.3 Å². The third-order valence-corrected chi connectivity index (χ3v) is 6.96. The van der Waals surface area contributed by atoms with Crippen molar-refractivity contribution in [2.75, 3.05) is 0 Å². The van der Waals surface area contributed by atoms with Gasteiger partial charge < -0.3 is 9.88 Å². The number of nitrogens with zero attached hydrogens (tertiary/aromatic N) is 2. The molecule has 0 radical (unpaired) electrons. The summed E-state index contributed by atoms with van der Waals surface area (Å²) >= 11 is 4.78. The monoisotopic (exact) mass is 519 g/mol. The smallest absolute Gasteiger partial charge is 0.264 e. The Balaban J connectivity index is 1.51. The van der Waals surface area contributed by atoms with Gasteiger partial charge in [-0.2, -0.15) is 0 Å². The number of fused-ring (bicyclic) bond motifs is 1. The Hall–Kier alpha value is -3.16. The van der Waals surface area contributed by atoms with E-state index >= 15 is 0 Å². The number of amidine groups is 1. The van der Waals surface area contributed by atoms with Gasteiger partial charge in [0.25, 0.3) is 5.91 Å². The molecular formula is C26H19BrFN3OS. The van der Waals surface area contributed by atoms with Gasteiger partial charge in [-0.15, -0.1) is 0 Å². The zero-order chi connectivity index (χ0) is 22.9. The molecule has 4 aromatic rings. The first-order chi connectivity index (χ1) is 16.0. The minimum absolute atomic E-state index is 0.190. The Morgan fingerprint density at radius 2 is 1.79 bits per heavy atom. The number of hydrogen-bond donors (Lipinski definition) is 1. The van der Waals surface area contributed by atoms with E-state index in [-0.39, 0.29) is 11.7 Å². The molecular weight excluding hydrogens is 501 g/mol. The molecule has 33 heavy (non-hydrogen) atoms. The van der Waals surface area contributed by atoms with Gasteiger partial charge in [-0.1, -0.05) is 46.3 Å². The normalized spacial score (nSPS) is 16.2. The molecule has 1 amide bonds. The van der Waals surface area contributed by atoms with Crippen LogP contribution in [0.4, 0.5) is 10.1 Å². The summed E-state index contributed by atoms with van der Waals surface area (Å²) in [4.78, 5) is 17.7. The van der Waals surface area contributed by atoms with E-state index in [4.69, 9.17) is 0 Å². The lowest BCUT2D eigenvalue weighted by Gasteiger charge is -2.09. The van der Waals surface area contributed by atoms with E-state index in [1.54, 1.807) is 12.1 Å². The van der Waals surface area contributed by atoms with Crippen molar-refractivity contribution in [1.82, 2.24) is 9.88 Å². The van der Waals surface area contributed by atoms with Crippen LogP contribution >= 0.6 is 27.7 Å². The second-order valence-corrected chi connectivity index (χ2v) is 9.63. The molecule has 0 aliphatic carbocycles. The molecule has 7 heteroatoms. The zero-order valence-electron chi connectivity index (χ0n) is 17.7. The molecule has 0 saturated carbocycles. The first kappa shape index (κ1) is 21.7. The van der Waals surface area contributed by atoms with E-state index in [9.17, 15) is 9.18 Å². The molecule has 3 aromatic carbocycles. The van der Waals surface area contributed by atoms with Crippen molar-refractivity contribution in [1.29, 1.82) is 0 Å². The van der Waals surface area contributed by atoms with Crippen LogP contribution in [-0.4, -0.2) is 15.6 Å². The number of rotatable bonds is 4. The third-order valence-electron chi connectivity index (χ3n) is 5.52. The van der Waals surface area contributed by atoms with E-state index in [1.165, 1.54) is 29.5 Å². The van der Waals surface area contributed by atoms with Crippen LogP contribution in [0.15, 0.2) is 87.2 Å². The van der Waals surface area contributed by atoms with Gasteiger partial charge in [-0.3, -0.25) is 4.79 Å². The maximum Gasteiger partial charge on any atom is 0.264 e. The van der Waals surface area contributed by atoms with Crippen molar-refractivity contribution in [2.24, 2.45) is 4.99 Å². The van der Waals surface area contributed by atoms with Crippen molar-refractivity contribution < 1.29 is 9.18 Å². The van der Waals surface area contributed by atoms with Crippen LogP contribution < -0.4 is 5.32 Å². The van der Waals surface area contributed by atoms with E-state index in [0.29, 0.717) is 15.8 Å². The van der Waals surface area contributed by atoms with Crippen LogP contribution in [0, 0.1) is 12.7 Å². The molecule has 1 aliphatic heterocycles. The zero-order valence-corrected chi connectivity index (χ0v) is 20.1. The van der Waals surface area contributed by atoms with Gasteiger partial charge in [-0.05, 0) is 72.8 Å². The summed E-state index contributed by atoms with van der Waals surface area (Å²) in [6, 6.07) is 22.4. The highest BCUT2D eigenvalue weighted by atomic mass is 79.9. The molecule has 164 valence electrons. The summed E-state index contributed by atoms with van der Waals surface area (Å²) < 4.78 is 16.5. The Morgan fingerprint density at radius 1 is 1.06 bits per heavy atom. The number of halogens is 2. The van der Waals surface area contributed by atoms with Gasteiger partial charge in [0.1, 0.15) is 5.82 Å². The van der Waals surface area contributed by atoms with Crippen molar-refractivity contribution in [2.45, 2.75) is 13.5 Å². The van der Waals surface area contributed by atoms with Gasteiger partial charge in [0.05, 0.1) is 10.6 Å². The lowest BCUT2D eigenvalue weighted by atomic mass is 10.1. The Labute approximate surface area is 203 Å². The van der Waals surface area contributed by atoms with Crippen molar-refractivity contribution in [3.63, 3.8) is 0 Å². The Kier molecular flexibility index (Phi) is 5.91. The summed E-state index contributed by atoms with van der Waals surface area (Å²) in [5.41, 5.74) is 5.01. The molecule has 1 aromatic heterocycles. The molecule has 5 rings (SSSR count). The molecule has 1 N–H and O–H groups in total. The fraction of sp³-hybridized carbons (Fsp3) is 0.0769. The quantitative estimate of drug-likeness (QED) is 0.301. The minimum atomic E-state index is -0.322. The van der Waals surface area contributed by atoms with Gasteiger partial charge in [0.15, 0.2) is 5.17 Å². The number of carbonyl (C=O) groups excluding carboxylic acids is 1. The fourth-order valence-corrected chi connectivity index (χ4v) is 4.95. The number of nitrogens with one attached hydrogen (secondary N) is 1. The number of carbonyl (C=O) groups is 1. The van der Waals surface area contributed by atoms with Crippen LogP contribution in [0.2, 0.25) is 0 Å². The van der Waals surface area contributed by atoms with Crippen LogP contribution in [0.25, 0.3) is 17.0 Å². The number of para-hydroxylation sites is 1. The Morgan fingerprint density at radius 3 is 2.55 bits per heavy atom. The molecule has 0 bridgehead atoms. The highest BCUT2D eigenvalue weighted by molar-refractivity contribution is 9.10. The largest absolute Gasteiger partial charge is 0.340 e. The molecule has 1 aliphatic rings. The molecule has 1 fully saturated rings.